The summed E-state index contributed by atoms with van der Waals surface area (Å²) in [7, 11) is -5.16. The number of benzene rings is 1. The fourth-order valence-electron chi connectivity index (χ4n) is 5.07. The summed E-state index contributed by atoms with van der Waals surface area (Å²) in [5.41, 5.74) is 0.758. The van der Waals surface area contributed by atoms with Gasteiger partial charge in [-0.1, -0.05) is 25.0 Å². The molecule has 1 saturated carbocycles. The zero-order valence-corrected chi connectivity index (χ0v) is 23.9. The molecule has 0 bridgehead atoms. The molecule has 3 heterocycles. The molecule has 14 nitrogen and oxygen atoms in total. The van der Waals surface area contributed by atoms with Gasteiger partial charge in [0, 0.05) is 6.04 Å². The van der Waals surface area contributed by atoms with Crippen LogP contribution in [0.1, 0.15) is 37.5 Å². The van der Waals surface area contributed by atoms with Crippen molar-refractivity contribution < 1.29 is 48.3 Å². The fourth-order valence-corrected chi connectivity index (χ4v) is 5.92. The SMILES string of the molecule is O=P(O)(O)C(CO)(COCc1ccc(F)cc1)OC[C@H]1O[C@@H](n2ncc3c(NC4CCCC4)nc(Cl)nc32)[C@H](O)[C@@H]1O. The summed E-state index contributed by atoms with van der Waals surface area (Å²) < 4.78 is 43.5. The van der Waals surface area contributed by atoms with Gasteiger partial charge in [-0.25, -0.2) is 9.07 Å². The molecule has 0 radical (unpaired) electrons. The molecule has 17 heteroatoms. The van der Waals surface area contributed by atoms with E-state index in [1.807, 2.05) is 0 Å². The second-order valence-corrected chi connectivity index (χ2v) is 12.7. The Kier molecular flexibility index (Phi) is 9.45. The quantitative estimate of drug-likeness (QED) is 0.125. The van der Waals surface area contributed by atoms with Crippen molar-refractivity contribution >= 4 is 36.0 Å². The number of ether oxygens (including phenoxy) is 3. The molecule has 1 aromatic carbocycles. The molecule has 2 aliphatic rings. The molecule has 1 aliphatic heterocycles. The van der Waals surface area contributed by atoms with E-state index in [1.165, 1.54) is 35.1 Å². The highest BCUT2D eigenvalue weighted by molar-refractivity contribution is 7.53. The third kappa shape index (κ3) is 6.45. The lowest BCUT2D eigenvalue weighted by molar-refractivity contribution is -0.131. The van der Waals surface area contributed by atoms with Crippen LogP contribution in [0.2, 0.25) is 5.28 Å². The first-order valence-corrected chi connectivity index (χ1v) is 15.3. The Morgan fingerprint density at radius 3 is 2.55 bits per heavy atom. The highest BCUT2D eigenvalue weighted by Gasteiger charge is 2.51. The van der Waals surface area contributed by atoms with Crippen molar-refractivity contribution in [2.45, 2.75) is 68.2 Å². The molecule has 5 atom stereocenters. The van der Waals surface area contributed by atoms with E-state index in [-0.39, 0.29) is 23.6 Å². The van der Waals surface area contributed by atoms with Crippen molar-refractivity contribution in [2.24, 2.45) is 0 Å². The van der Waals surface area contributed by atoms with Gasteiger partial charge in [-0.2, -0.15) is 15.1 Å². The topological polar surface area (TPSA) is 202 Å². The Balaban J connectivity index is 1.30. The minimum absolute atomic E-state index is 0.0623. The average Bonchev–Trinajstić information content (AvgIpc) is 3.67. The van der Waals surface area contributed by atoms with E-state index >= 15 is 0 Å². The van der Waals surface area contributed by atoms with E-state index in [4.69, 9.17) is 25.8 Å². The molecule has 1 unspecified atom stereocenters. The predicted molar refractivity (Wildman–Crippen MR) is 146 cm³/mol. The second kappa shape index (κ2) is 12.7. The summed E-state index contributed by atoms with van der Waals surface area (Å²) in [4.78, 5) is 28.6. The summed E-state index contributed by atoms with van der Waals surface area (Å²) >= 11 is 6.18. The lowest BCUT2D eigenvalue weighted by Gasteiger charge is -2.33. The van der Waals surface area contributed by atoms with Crippen molar-refractivity contribution in [3.63, 3.8) is 0 Å². The first kappa shape index (κ1) is 31.1. The number of anilines is 1. The molecule has 0 amide bonds. The zero-order chi connectivity index (χ0) is 30.1. The lowest BCUT2D eigenvalue weighted by atomic mass is 10.1. The van der Waals surface area contributed by atoms with Gasteiger partial charge in [0.2, 0.25) is 10.6 Å². The molecule has 5 rings (SSSR count). The standard InChI is InChI=1S/C25H32ClFN5O9P/c26-24-30-21(29-16-3-1-2-4-16)17-9-28-32(22(17)31-24)23-20(35)19(34)18(41-23)11-40-25(12-33,42(36,37)38)13-39-10-14-5-7-15(27)8-6-14/h5-9,16,18-20,23,33-35H,1-4,10-13H2,(H,29,30,31)(H2,36,37,38)/t18-,19-,20-,23-,25?/m1/s1. The van der Waals surface area contributed by atoms with E-state index < -0.39 is 63.1 Å². The van der Waals surface area contributed by atoms with Gasteiger partial charge in [0.15, 0.2) is 11.9 Å². The molecular weight excluding hydrogens is 600 g/mol. The van der Waals surface area contributed by atoms with Crippen LogP contribution in [-0.2, 0) is 25.4 Å². The maximum atomic E-state index is 13.2. The maximum absolute atomic E-state index is 13.2. The molecular formula is C25H32ClFN5O9P. The molecule has 3 aromatic rings. The first-order valence-electron chi connectivity index (χ1n) is 13.3. The highest BCUT2D eigenvalue weighted by Crippen LogP contribution is 2.51. The number of fused-ring (bicyclic) bond motifs is 1. The van der Waals surface area contributed by atoms with Gasteiger partial charge in [0.05, 0.1) is 38.0 Å². The van der Waals surface area contributed by atoms with Crippen molar-refractivity contribution in [3.05, 3.63) is 47.1 Å². The molecule has 2 aromatic heterocycles. The van der Waals surface area contributed by atoms with Crippen LogP contribution >= 0.6 is 19.2 Å². The number of aliphatic hydroxyl groups is 3. The summed E-state index contributed by atoms with van der Waals surface area (Å²) in [5, 5.41) is 37.1. The van der Waals surface area contributed by atoms with Gasteiger partial charge in [-0.15, -0.1) is 0 Å². The highest BCUT2D eigenvalue weighted by atomic mass is 35.5. The Morgan fingerprint density at radius 2 is 1.88 bits per heavy atom. The number of hydrogen-bond donors (Lipinski definition) is 6. The smallest absolute Gasteiger partial charge is 0.361 e. The monoisotopic (exact) mass is 631 g/mol. The Bertz CT molecular complexity index is 1420. The van der Waals surface area contributed by atoms with Crippen molar-refractivity contribution in [2.75, 3.05) is 25.1 Å². The Labute approximate surface area is 244 Å². The summed E-state index contributed by atoms with van der Waals surface area (Å²) in [5.74, 6) is 0.0172. The molecule has 1 saturated heterocycles. The normalized spacial score (nSPS) is 24.8. The number of nitrogens with zero attached hydrogens (tertiary/aromatic N) is 4. The summed E-state index contributed by atoms with van der Waals surface area (Å²) in [6, 6.07) is 5.49. The molecule has 42 heavy (non-hydrogen) atoms. The van der Waals surface area contributed by atoms with Crippen molar-refractivity contribution in [3.8, 4) is 0 Å². The number of aromatic nitrogens is 4. The van der Waals surface area contributed by atoms with Crippen LogP contribution in [0, 0.1) is 5.82 Å². The van der Waals surface area contributed by atoms with Crippen molar-refractivity contribution in [1.82, 2.24) is 19.7 Å². The van der Waals surface area contributed by atoms with Crippen LogP contribution in [-0.4, -0.2) is 94.4 Å². The van der Waals surface area contributed by atoms with Crippen LogP contribution in [0.3, 0.4) is 0 Å². The number of nitrogens with one attached hydrogen (secondary N) is 1. The predicted octanol–water partition coefficient (Wildman–Crippen LogP) is 1.69. The molecule has 230 valence electrons. The number of hydrogen-bond acceptors (Lipinski definition) is 11. The van der Waals surface area contributed by atoms with Gasteiger partial charge in [0.1, 0.15) is 29.9 Å². The summed E-state index contributed by atoms with van der Waals surface area (Å²) in [6.45, 7) is -2.66. The summed E-state index contributed by atoms with van der Waals surface area (Å²) in [6.07, 6.45) is 0.0130. The van der Waals surface area contributed by atoms with Gasteiger partial charge in [-0.3, -0.25) is 4.57 Å². The van der Waals surface area contributed by atoms with Crippen molar-refractivity contribution in [1.29, 1.82) is 0 Å². The van der Waals surface area contributed by atoms with E-state index in [1.54, 1.807) is 0 Å². The van der Waals surface area contributed by atoms with E-state index in [0.717, 1.165) is 25.7 Å². The van der Waals surface area contributed by atoms with Crippen LogP contribution in [0.5, 0.6) is 0 Å². The average molecular weight is 632 g/mol. The van der Waals surface area contributed by atoms with Crippen LogP contribution < -0.4 is 5.32 Å². The molecule has 0 spiro atoms. The van der Waals surface area contributed by atoms with Crippen LogP contribution in [0.15, 0.2) is 30.5 Å². The Hall–Kier alpha value is -2.30. The van der Waals surface area contributed by atoms with E-state index in [9.17, 15) is 34.1 Å². The van der Waals surface area contributed by atoms with Gasteiger partial charge in [0.25, 0.3) is 0 Å². The van der Waals surface area contributed by atoms with E-state index in [0.29, 0.717) is 16.8 Å². The molecule has 6 N–H and O–H groups in total. The Morgan fingerprint density at radius 1 is 1.17 bits per heavy atom. The second-order valence-electron chi connectivity index (χ2n) is 10.4. The first-order chi connectivity index (χ1) is 20.0. The fraction of sp³-hybridized carbons (Fsp3) is 0.560. The van der Waals surface area contributed by atoms with Gasteiger partial charge >= 0.3 is 7.60 Å². The molecule has 1 aliphatic carbocycles. The van der Waals surface area contributed by atoms with E-state index in [2.05, 4.69) is 20.4 Å². The molecule has 2 fully saturated rings. The van der Waals surface area contributed by atoms with Crippen LogP contribution in [0.4, 0.5) is 10.2 Å². The third-order valence-corrected chi connectivity index (χ3v) is 9.13. The minimum Gasteiger partial charge on any atom is -0.393 e. The minimum atomic E-state index is -5.16. The van der Waals surface area contributed by atoms with Gasteiger partial charge < -0.3 is 44.6 Å². The third-order valence-electron chi connectivity index (χ3n) is 7.50. The number of halogens is 2. The largest absolute Gasteiger partial charge is 0.393 e. The number of aliphatic hydroxyl groups excluding tert-OH is 3. The number of rotatable bonds is 12. The maximum Gasteiger partial charge on any atom is 0.361 e. The lowest BCUT2D eigenvalue weighted by Crippen LogP contribution is -2.45. The zero-order valence-electron chi connectivity index (χ0n) is 22.3. The van der Waals surface area contributed by atoms with Gasteiger partial charge in [-0.05, 0) is 42.1 Å². The van der Waals surface area contributed by atoms with Crippen LogP contribution in [0.25, 0.3) is 11.0 Å².